The standard InChI is InChI=1S/C11H11N3O3.C11H13N3O/c15-14(16)10-5-4-9(13-8-10)2-1-3-11-12-6-7-17-11;12-9-4-5-10(14-8-9)2-1-3-11-13-6-7-15-11/h4-8H,1-3H2;4-8H,1-3,12H2. The van der Waals surface area contributed by atoms with Gasteiger partial charge in [-0.05, 0) is 43.9 Å². The molecule has 166 valence electrons. The van der Waals surface area contributed by atoms with Gasteiger partial charge in [0.25, 0.3) is 5.69 Å². The Balaban J connectivity index is 0.000000182. The van der Waals surface area contributed by atoms with Crippen molar-refractivity contribution in [2.24, 2.45) is 0 Å². The van der Waals surface area contributed by atoms with E-state index in [0.29, 0.717) is 11.6 Å². The molecule has 32 heavy (non-hydrogen) atoms. The van der Waals surface area contributed by atoms with Gasteiger partial charge in [0.1, 0.15) is 18.7 Å². The minimum Gasteiger partial charge on any atom is -0.449 e. The van der Waals surface area contributed by atoms with Crippen LogP contribution in [-0.2, 0) is 25.7 Å². The second-order valence-electron chi connectivity index (χ2n) is 6.91. The van der Waals surface area contributed by atoms with Crippen LogP contribution < -0.4 is 5.73 Å². The monoisotopic (exact) mass is 436 g/mol. The van der Waals surface area contributed by atoms with E-state index in [1.54, 1.807) is 37.2 Å². The van der Waals surface area contributed by atoms with Crippen LogP contribution in [0.2, 0.25) is 0 Å². The van der Waals surface area contributed by atoms with Crippen molar-refractivity contribution in [3.63, 3.8) is 0 Å². The SMILES string of the molecule is Nc1ccc(CCCc2ncco2)nc1.O=[N+]([O-])c1ccc(CCCc2ncco2)nc1. The number of hydrogen-bond donors (Lipinski definition) is 1. The molecule has 10 nitrogen and oxygen atoms in total. The number of nitrogens with zero attached hydrogens (tertiary/aromatic N) is 5. The first-order valence-electron chi connectivity index (χ1n) is 10.2. The summed E-state index contributed by atoms with van der Waals surface area (Å²) in [6.45, 7) is 0. The Morgan fingerprint density at radius 1 is 0.781 bits per heavy atom. The second kappa shape index (κ2) is 11.9. The van der Waals surface area contributed by atoms with Crippen LogP contribution >= 0.6 is 0 Å². The average Bonchev–Trinajstić information content (AvgIpc) is 3.51. The van der Waals surface area contributed by atoms with Crippen molar-refractivity contribution in [2.75, 3.05) is 5.73 Å². The summed E-state index contributed by atoms with van der Waals surface area (Å²) in [5.41, 5.74) is 8.15. The minimum atomic E-state index is -0.455. The molecule has 0 aliphatic rings. The fourth-order valence-corrected chi connectivity index (χ4v) is 2.85. The first-order valence-corrected chi connectivity index (χ1v) is 10.2. The molecule has 0 saturated carbocycles. The number of nitro groups is 1. The summed E-state index contributed by atoms with van der Waals surface area (Å²) in [5.74, 6) is 1.48. The maximum Gasteiger partial charge on any atom is 0.287 e. The van der Waals surface area contributed by atoms with E-state index < -0.39 is 4.92 Å². The van der Waals surface area contributed by atoms with Crippen LogP contribution in [-0.4, -0.2) is 24.9 Å². The maximum absolute atomic E-state index is 10.4. The van der Waals surface area contributed by atoms with Crippen LogP contribution in [0.3, 0.4) is 0 Å². The molecule has 0 spiro atoms. The van der Waals surface area contributed by atoms with E-state index in [0.717, 1.165) is 55.8 Å². The predicted octanol–water partition coefficient (Wildman–Crippen LogP) is 3.98. The van der Waals surface area contributed by atoms with Gasteiger partial charge in [-0.2, -0.15) is 0 Å². The molecule has 0 aliphatic heterocycles. The van der Waals surface area contributed by atoms with Crippen molar-refractivity contribution in [1.29, 1.82) is 0 Å². The van der Waals surface area contributed by atoms with Gasteiger partial charge in [0.2, 0.25) is 0 Å². The van der Waals surface area contributed by atoms with E-state index in [-0.39, 0.29) is 5.69 Å². The van der Waals surface area contributed by atoms with Crippen molar-refractivity contribution in [3.8, 4) is 0 Å². The molecular weight excluding hydrogens is 412 g/mol. The molecule has 4 rings (SSSR count). The summed E-state index contributed by atoms with van der Waals surface area (Å²) in [5, 5.41) is 10.4. The van der Waals surface area contributed by atoms with E-state index in [9.17, 15) is 10.1 Å². The van der Waals surface area contributed by atoms with Gasteiger partial charge in [-0.1, -0.05) is 0 Å². The molecule has 4 heterocycles. The van der Waals surface area contributed by atoms with E-state index in [4.69, 9.17) is 14.6 Å². The van der Waals surface area contributed by atoms with E-state index in [1.165, 1.54) is 12.3 Å². The summed E-state index contributed by atoms with van der Waals surface area (Å²) < 4.78 is 10.2. The van der Waals surface area contributed by atoms with Crippen LogP contribution in [0.15, 0.2) is 70.4 Å². The quantitative estimate of drug-likeness (QED) is 0.304. The molecule has 0 amide bonds. The van der Waals surface area contributed by atoms with Gasteiger partial charge in [0, 0.05) is 30.3 Å². The fourth-order valence-electron chi connectivity index (χ4n) is 2.85. The fraction of sp³-hybridized carbons (Fsp3) is 0.273. The van der Waals surface area contributed by atoms with E-state index in [2.05, 4.69) is 19.9 Å². The lowest BCUT2D eigenvalue weighted by molar-refractivity contribution is -0.385. The van der Waals surface area contributed by atoms with Gasteiger partial charge in [-0.3, -0.25) is 20.1 Å². The molecule has 0 bridgehead atoms. The molecule has 0 aliphatic carbocycles. The molecule has 0 unspecified atom stereocenters. The summed E-state index contributed by atoms with van der Waals surface area (Å²) >= 11 is 0. The average molecular weight is 436 g/mol. The number of rotatable bonds is 9. The Kier molecular flexibility index (Phi) is 8.43. The summed E-state index contributed by atoms with van der Waals surface area (Å²) in [6.07, 6.45) is 14.5. The first-order chi connectivity index (χ1) is 15.6. The van der Waals surface area contributed by atoms with Crippen molar-refractivity contribution < 1.29 is 13.8 Å². The lowest BCUT2D eigenvalue weighted by atomic mass is 10.2. The summed E-state index contributed by atoms with van der Waals surface area (Å²) in [6, 6.07) is 6.96. The zero-order valence-electron chi connectivity index (χ0n) is 17.5. The highest BCUT2D eigenvalue weighted by atomic mass is 16.6. The molecule has 0 atom stereocenters. The van der Waals surface area contributed by atoms with Crippen LogP contribution in [0.4, 0.5) is 11.4 Å². The Bertz CT molecular complexity index is 1050. The summed E-state index contributed by atoms with van der Waals surface area (Å²) in [7, 11) is 0. The third-order valence-corrected chi connectivity index (χ3v) is 4.48. The second-order valence-corrected chi connectivity index (χ2v) is 6.91. The number of aryl methyl sites for hydroxylation is 4. The van der Waals surface area contributed by atoms with Gasteiger partial charge in [-0.25, -0.2) is 9.97 Å². The Hall–Kier alpha value is -4.08. The lowest BCUT2D eigenvalue weighted by Gasteiger charge is -1.99. The van der Waals surface area contributed by atoms with Gasteiger partial charge in [0.05, 0.1) is 29.2 Å². The number of pyridine rings is 2. The molecular formula is C22H24N6O4. The molecule has 0 fully saturated rings. The van der Waals surface area contributed by atoms with Crippen molar-refractivity contribution in [3.05, 3.63) is 94.9 Å². The highest BCUT2D eigenvalue weighted by molar-refractivity contribution is 5.34. The van der Waals surface area contributed by atoms with Gasteiger partial charge < -0.3 is 14.6 Å². The topological polar surface area (TPSA) is 147 Å². The molecule has 0 radical (unpaired) electrons. The van der Waals surface area contributed by atoms with Crippen LogP contribution in [0.25, 0.3) is 0 Å². The number of anilines is 1. The highest BCUT2D eigenvalue weighted by Crippen LogP contribution is 2.11. The third-order valence-electron chi connectivity index (χ3n) is 4.48. The van der Waals surface area contributed by atoms with Crippen molar-refractivity contribution in [2.45, 2.75) is 38.5 Å². The molecule has 4 aromatic rings. The van der Waals surface area contributed by atoms with Crippen LogP contribution in [0.5, 0.6) is 0 Å². The number of nitrogen functional groups attached to an aromatic ring is 1. The molecule has 4 aromatic heterocycles. The normalized spacial score (nSPS) is 10.4. The zero-order chi connectivity index (χ0) is 22.6. The van der Waals surface area contributed by atoms with Crippen molar-refractivity contribution >= 4 is 11.4 Å². The van der Waals surface area contributed by atoms with E-state index in [1.807, 2.05) is 12.1 Å². The Morgan fingerprint density at radius 2 is 1.34 bits per heavy atom. The molecule has 0 saturated heterocycles. The lowest BCUT2D eigenvalue weighted by Crippen LogP contribution is -1.95. The largest absolute Gasteiger partial charge is 0.449 e. The molecule has 0 aromatic carbocycles. The van der Waals surface area contributed by atoms with Crippen molar-refractivity contribution in [1.82, 2.24) is 19.9 Å². The molecule has 10 heteroatoms. The predicted molar refractivity (Wildman–Crippen MR) is 117 cm³/mol. The number of aromatic nitrogens is 4. The van der Waals surface area contributed by atoms with Gasteiger partial charge >= 0.3 is 0 Å². The number of oxazole rings is 2. The van der Waals surface area contributed by atoms with Crippen LogP contribution in [0, 0.1) is 10.1 Å². The van der Waals surface area contributed by atoms with Crippen LogP contribution in [0.1, 0.15) is 36.0 Å². The van der Waals surface area contributed by atoms with Gasteiger partial charge in [-0.15, -0.1) is 0 Å². The molecule has 2 N–H and O–H groups in total. The minimum absolute atomic E-state index is 0.0152. The highest BCUT2D eigenvalue weighted by Gasteiger charge is 2.05. The maximum atomic E-state index is 10.4. The smallest absolute Gasteiger partial charge is 0.287 e. The number of nitrogens with two attached hydrogens (primary N) is 1. The third kappa shape index (κ3) is 7.63. The number of hydrogen-bond acceptors (Lipinski definition) is 9. The van der Waals surface area contributed by atoms with E-state index >= 15 is 0 Å². The Morgan fingerprint density at radius 3 is 1.75 bits per heavy atom. The zero-order valence-corrected chi connectivity index (χ0v) is 17.5. The first kappa shape index (κ1) is 22.6. The Labute approximate surface area is 184 Å². The van der Waals surface area contributed by atoms with Gasteiger partial charge in [0.15, 0.2) is 11.8 Å². The summed E-state index contributed by atoms with van der Waals surface area (Å²) in [4.78, 5) is 26.3.